The Morgan fingerprint density at radius 2 is 0.795 bits per heavy atom. The van der Waals surface area contributed by atoms with Crippen molar-refractivity contribution in [2.45, 2.75) is 81.1 Å². The van der Waals surface area contributed by atoms with Gasteiger partial charge in [0.15, 0.2) is 11.5 Å². The number of carbonyl (C=O) groups excluding carboxylic acids is 2. The molecule has 0 aliphatic rings. The van der Waals surface area contributed by atoms with Gasteiger partial charge in [0.2, 0.25) is 0 Å². The number of rotatable bonds is 10. The van der Waals surface area contributed by atoms with Crippen molar-refractivity contribution >= 4 is 23.5 Å². The minimum Gasteiger partial charge on any atom is -0.418 e. The third-order valence-electron chi connectivity index (χ3n) is 7.86. The first-order valence-corrected chi connectivity index (χ1v) is 15.5. The van der Waals surface area contributed by atoms with E-state index in [9.17, 15) is 9.59 Å². The van der Waals surface area contributed by atoms with Crippen molar-refractivity contribution in [1.82, 2.24) is 0 Å². The molecule has 0 aliphatic heterocycles. The van der Waals surface area contributed by atoms with Gasteiger partial charge in [-0.1, -0.05) is 86.3 Å². The van der Waals surface area contributed by atoms with Gasteiger partial charge in [0.25, 0.3) is 0 Å². The molecule has 4 aromatic rings. The van der Waals surface area contributed by atoms with Gasteiger partial charge >= 0.3 is 11.9 Å². The average molecular weight is 589 g/mol. The standard InChI is InChI=1S/C40H44O4/c1-9-11-31-13-17-33(18-14-31)39(41)43-37(35-27(5)21-25(3)22-28(35)6)38(36-29(7)23-26(4)24-30(36)8)44-40(42)34-19-15-32(12-10-2)16-20-34/h13-24H,9-12H2,1-8H3. The molecule has 0 aromatic heterocycles. The molecule has 0 atom stereocenters. The Balaban J connectivity index is 1.95. The summed E-state index contributed by atoms with van der Waals surface area (Å²) in [5.74, 6) is -0.563. The molecule has 0 radical (unpaired) electrons. The highest BCUT2D eigenvalue weighted by Crippen LogP contribution is 2.37. The Morgan fingerprint density at radius 1 is 0.500 bits per heavy atom. The van der Waals surface area contributed by atoms with E-state index in [2.05, 4.69) is 38.1 Å². The lowest BCUT2D eigenvalue weighted by atomic mass is 9.93. The maximum atomic E-state index is 13.8. The monoisotopic (exact) mass is 588 g/mol. The lowest BCUT2D eigenvalue weighted by Crippen LogP contribution is -2.14. The maximum absolute atomic E-state index is 13.8. The van der Waals surface area contributed by atoms with Crippen LogP contribution in [0.15, 0.2) is 72.8 Å². The predicted molar refractivity (Wildman–Crippen MR) is 180 cm³/mol. The van der Waals surface area contributed by atoms with Crippen LogP contribution in [-0.4, -0.2) is 11.9 Å². The van der Waals surface area contributed by atoms with E-state index in [1.807, 2.05) is 65.8 Å². The molecule has 4 heteroatoms. The predicted octanol–water partition coefficient (Wildman–Crippen LogP) is 9.98. The molecule has 0 heterocycles. The molecule has 0 unspecified atom stereocenters. The summed E-state index contributed by atoms with van der Waals surface area (Å²) in [6.45, 7) is 16.3. The van der Waals surface area contributed by atoms with Crippen LogP contribution in [0.1, 0.15) is 103 Å². The van der Waals surface area contributed by atoms with Gasteiger partial charge in [-0.2, -0.15) is 0 Å². The van der Waals surface area contributed by atoms with Crippen LogP contribution in [0.25, 0.3) is 11.5 Å². The molecule has 0 saturated heterocycles. The van der Waals surface area contributed by atoms with Crippen molar-refractivity contribution in [2.75, 3.05) is 0 Å². The summed E-state index contributed by atoms with van der Waals surface area (Å²) in [6.07, 6.45) is 3.92. The Morgan fingerprint density at radius 3 is 1.07 bits per heavy atom. The fraction of sp³-hybridized carbons (Fsp3) is 0.300. The Kier molecular flexibility index (Phi) is 10.6. The van der Waals surface area contributed by atoms with Crippen LogP contribution < -0.4 is 0 Å². The second-order valence-corrected chi connectivity index (χ2v) is 11.9. The summed E-state index contributed by atoms with van der Waals surface area (Å²) in [5.41, 5.74) is 10.5. The fourth-order valence-electron chi connectivity index (χ4n) is 5.99. The maximum Gasteiger partial charge on any atom is 0.343 e. The Bertz CT molecular complexity index is 1520. The number of esters is 2. The molecule has 0 aliphatic carbocycles. The van der Waals surface area contributed by atoms with Gasteiger partial charge < -0.3 is 9.47 Å². The summed E-state index contributed by atoms with van der Waals surface area (Å²) < 4.78 is 12.7. The Labute approximate surface area is 262 Å². The molecule has 4 nitrogen and oxygen atoms in total. The quantitative estimate of drug-likeness (QED) is 0.105. The van der Waals surface area contributed by atoms with Gasteiger partial charge in [0, 0.05) is 11.1 Å². The van der Waals surface area contributed by atoms with Crippen LogP contribution in [0.3, 0.4) is 0 Å². The first-order valence-electron chi connectivity index (χ1n) is 15.5. The van der Waals surface area contributed by atoms with E-state index in [0.717, 1.165) is 81.3 Å². The molecule has 0 fully saturated rings. The molecule has 0 bridgehead atoms. The normalized spacial score (nSPS) is 11.6. The SMILES string of the molecule is CCCc1ccc(C(=O)OC(=C(OC(=O)c2ccc(CCC)cc2)c2c(C)cc(C)cc2C)c2c(C)cc(C)cc2C)cc1. The van der Waals surface area contributed by atoms with E-state index in [1.165, 1.54) is 0 Å². The van der Waals surface area contributed by atoms with Gasteiger partial charge in [-0.15, -0.1) is 0 Å². The third kappa shape index (κ3) is 7.55. The average Bonchev–Trinajstić information content (AvgIpc) is 2.96. The van der Waals surface area contributed by atoms with E-state index in [0.29, 0.717) is 11.1 Å². The third-order valence-corrected chi connectivity index (χ3v) is 7.86. The largest absolute Gasteiger partial charge is 0.418 e. The minimum atomic E-state index is -0.512. The number of carbonyl (C=O) groups is 2. The van der Waals surface area contributed by atoms with Crippen molar-refractivity contribution in [3.05, 3.63) is 140 Å². The van der Waals surface area contributed by atoms with Gasteiger partial charge in [-0.3, -0.25) is 0 Å². The molecule has 0 saturated carbocycles. The number of ether oxygens (including phenoxy) is 2. The second kappa shape index (κ2) is 14.4. The van der Waals surface area contributed by atoms with Crippen molar-refractivity contribution < 1.29 is 19.1 Å². The molecule has 228 valence electrons. The summed E-state index contributed by atoms with van der Waals surface area (Å²) >= 11 is 0. The zero-order valence-electron chi connectivity index (χ0n) is 27.4. The number of hydrogen-bond acceptors (Lipinski definition) is 4. The first-order chi connectivity index (χ1) is 21.0. The highest BCUT2D eigenvalue weighted by atomic mass is 16.6. The zero-order valence-corrected chi connectivity index (χ0v) is 27.4. The Hall–Kier alpha value is -4.44. The van der Waals surface area contributed by atoms with Crippen LogP contribution in [-0.2, 0) is 22.3 Å². The fourth-order valence-corrected chi connectivity index (χ4v) is 5.99. The van der Waals surface area contributed by atoms with Crippen LogP contribution >= 0.6 is 0 Å². The van der Waals surface area contributed by atoms with E-state index >= 15 is 0 Å². The van der Waals surface area contributed by atoms with E-state index in [4.69, 9.17) is 9.47 Å². The van der Waals surface area contributed by atoms with Gasteiger partial charge in [-0.25, -0.2) is 9.59 Å². The highest BCUT2D eigenvalue weighted by molar-refractivity contribution is 6.02. The van der Waals surface area contributed by atoms with Crippen molar-refractivity contribution in [3.63, 3.8) is 0 Å². The van der Waals surface area contributed by atoms with Crippen LogP contribution in [0.2, 0.25) is 0 Å². The van der Waals surface area contributed by atoms with E-state index in [-0.39, 0.29) is 11.5 Å². The topological polar surface area (TPSA) is 52.6 Å². The van der Waals surface area contributed by atoms with Crippen molar-refractivity contribution in [2.24, 2.45) is 0 Å². The molecule has 4 aromatic carbocycles. The van der Waals surface area contributed by atoms with Crippen LogP contribution in [0, 0.1) is 41.5 Å². The number of hydrogen-bond donors (Lipinski definition) is 0. The zero-order chi connectivity index (χ0) is 32.0. The lowest BCUT2D eigenvalue weighted by molar-refractivity contribution is 0.0646. The molecule has 0 spiro atoms. The summed E-state index contributed by atoms with van der Waals surface area (Å²) in [4.78, 5) is 27.6. The van der Waals surface area contributed by atoms with Gasteiger partial charge in [0.05, 0.1) is 11.1 Å². The summed E-state index contributed by atoms with van der Waals surface area (Å²) in [7, 11) is 0. The lowest BCUT2D eigenvalue weighted by Gasteiger charge is -2.22. The second-order valence-electron chi connectivity index (χ2n) is 11.9. The molecular formula is C40H44O4. The molecule has 0 amide bonds. The van der Waals surface area contributed by atoms with Crippen molar-refractivity contribution in [1.29, 1.82) is 0 Å². The number of aryl methyl sites for hydroxylation is 8. The summed E-state index contributed by atoms with van der Waals surface area (Å²) in [6, 6.07) is 23.2. The van der Waals surface area contributed by atoms with E-state index < -0.39 is 11.9 Å². The van der Waals surface area contributed by atoms with E-state index in [1.54, 1.807) is 24.3 Å². The van der Waals surface area contributed by atoms with Crippen LogP contribution in [0.5, 0.6) is 0 Å². The van der Waals surface area contributed by atoms with Gasteiger partial charge in [-0.05, 0) is 112 Å². The molecule has 0 N–H and O–H groups in total. The minimum absolute atomic E-state index is 0.230. The first kappa shape index (κ1) is 32.5. The number of benzene rings is 4. The highest BCUT2D eigenvalue weighted by Gasteiger charge is 2.27. The molecule has 4 rings (SSSR count). The van der Waals surface area contributed by atoms with Crippen LogP contribution in [0.4, 0.5) is 0 Å². The molecular weight excluding hydrogens is 544 g/mol. The van der Waals surface area contributed by atoms with Gasteiger partial charge in [0.1, 0.15) is 0 Å². The molecule has 44 heavy (non-hydrogen) atoms. The smallest absolute Gasteiger partial charge is 0.343 e. The summed E-state index contributed by atoms with van der Waals surface area (Å²) in [5, 5.41) is 0. The van der Waals surface area contributed by atoms with Crippen molar-refractivity contribution in [3.8, 4) is 0 Å².